The lowest BCUT2D eigenvalue weighted by Crippen LogP contribution is -1.98. The van der Waals surface area contributed by atoms with E-state index in [9.17, 15) is 4.39 Å². The highest BCUT2D eigenvalue weighted by Gasteiger charge is 2.03. The van der Waals surface area contributed by atoms with E-state index in [2.05, 4.69) is 6.07 Å². The number of hydrogen-bond acceptors (Lipinski definition) is 1. The lowest BCUT2D eigenvalue weighted by Gasteiger charge is -2.01. The Kier molecular flexibility index (Phi) is 3.57. The molecule has 1 aromatic rings. The molecular formula is C9H13FS. The van der Waals surface area contributed by atoms with E-state index >= 15 is 0 Å². The second-order valence-electron chi connectivity index (χ2n) is 2.62. The Morgan fingerprint density at radius 3 is 3.00 bits per heavy atom. The van der Waals surface area contributed by atoms with Gasteiger partial charge in [0, 0.05) is 4.88 Å². The monoisotopic (exact) mass is 172 g/mol. The maximum Gasteiger partial charge on any atom is 0.100 e. The molecule has 1 atom stereocenters. The van der Waals surface area contributed by atoms with E-state index in [0.29, 0.717) is 12.8 Å². The van der Waals surface area contributed by atoms with Crippen molar-refractivity contribution in [3.05, 3.63) is 22.4 Å². The minimum atomic E-state index is -0.614. The smallest absolute Gasteiger partial charge is 0.100 e. The van der Waals surface area contributed by atoms with Gasteiger partial charge in [0.25, 0.3) is 0 Å². The summed E-state index contributed by atoms with van der Waals surface area (Å²) in [4.78, 5) is 1.29. The first-order chi connectivity index (χ1) is 5.33. The van der Waals surface area contributed by atoms with Crippen LogP contribution in [0, 0.1) is 0 Å². The molecule has 62 valence electrons. The van der Waals surface area contributed by atoms with Crippen molar-refractivity contribution in [1.29, 1.82) is 0 Å². The second-order valence-corrected chi connectivity index (χ2v) is 3.66. The van der Waals surface area contributed by atoms with Gasteiger partial charge in [0.05, 0.1) is 0 Å². The van der Waals surface area contributed by atoms with Crippen LogP contribution in [0.3, 0.4) is 0 Å². The van der Waals surface area contributed by atoms with Crippen LogP contribution in [0.5, 0.6) is 0 Å². The van der Waals surface area contributed by atoms with Crippen molar-refractivity contribution in [3.8, 4) is 0 Å². The van der Waals surface area contributed by atoms with Crippen molar-refractivity contribution in [1.82, 2.24) is 0 Å². The molecule has 1 unspecified atom stereocenters. The Morgan fingerprint density at radius 1 is 1.64 bits per heavy atom. The molecule has 0 radical (unpaired) electrons. The highest BCUT2D eigenvalue weighted by Crippen LogP contribution is 2.14. The van der Waals surface area contributed by atoms with Crippen LogP contribution >= 0.6 is 11.3 Å². The van der Waals surface area contributed by atoms with Crippen LogP contribution in [0.2, 0.25) is 0 Å². The summed E-state index contributed by atoms with van der Waals surface area (Å²) in [5, 5.41) is 2.04. The van der Waals surface area contributed by atoms with E-state index < -0.39 is 6.17 Å². The third-order valence-electron chi connectivity index (χ3n) is 1.73. The SMILES string of the molecule is CCC(F)CCc1cccs1. The van der Waals surface area contributed by atoms with Gasteiger partial charge in [-0.1, -0.05) is 13.0 Å². The number of aryl methyl sites for hydroxylation is 1. The molecule has 11 heavy (non-hydrogen) atoms. The molecule has 0 N–H and O–H groups in total. The van der Waals surface area contributed by atoms with Gasteiger partial charge in [-0.2, -0.15) is 0 Å². The topological polar surface area (TPSA) is 0 Å². The molecule has 1 rings (SSSR count). The number of alkyl halides is 1. The summed E-state index contributed by atoms with van der Waals surface area (Å²) in [7, 11) is 0. The molecule has 0 bridgehead atoms. The Balaban J connectivity index is 2.23. The summed E-state index contributed by atoms with van der Waals surface area (Å²) in [5.74, 6) is 0. The van der Waals surface area contributed by atoms with Gasteiger partial charge in [-0.15, -0.1) is 11.3 Å². The van der Waals surface area contributed by atoms with Gasteiger partial charge in [-0.3, -0.25) is 0 Å². The zero-order valence-electron chi connectivity index (χ0n) is 6.72. The fourth-order valence-electron chi connectivity index (χ4n) is 0.958. The maximum atomic E-state index is 12.7. The molecule has 0 aliphatic rings. The maximum absolute atomic E-state index is 12.7. The molecule has 0 amide bonds. The Morgan fingerprint density at radius 2 is 2.45 bits per heavy atom. The lowest BCUT2D eigenvalue weighted by molar-refractivity contribution is 0.306. The normalized spacial score (nSPS) is 13.3. The van der Waals surface area contributed by atoms with Crippen LogP contribution in [0.25, 0.3) is 0 Å². The molecule has 0 aliphatic heterocycles. The largest absolute Gasteiger partial charge is 0.247 e. The van der Waals surface area contributed by atoms with Gasteiger partial charge < -0.3 is 0 Å². The van der Waals surface area contributed by atoms with Gasteiger partial charge in [0.1, 0.15) is 6.17 Å². The molecule has 0 fully saturated rings. The molecule has 0 nitrogen and oxygen atoms in total. The van der Waals surface area contributed by atoms with Crippen LogP contribution in [0.4, 0.5) is 4.39 Å². The summed E-state index contributed by atoms with van der Waals surface area (Å²) in [6.07, 6.45) is 1.60. The molecule has 0 saturated heterocycles. The first kappa shape index (κ1) is 8.72. The standard InChI is InChI=1S/C9H13FS/c1-2-8(10)5-6-9-4-3-7-11-9/h3-4,7-8H,2,5-6H2,1H3. The average molecular weight is 172 g/mol. The Bertz CT molecular complexity index is 181. The first-order valence-electron chi connectivity index (χ1n) is 3.99. The molecule has 0 aliphatic carbocycles. The highest BCUT2D eigenvalue weighted by atomic mass is 32.1. The third-order valence-corrected chi connectivity index (χ3v) is 2.66. The number of thiophene rings is 1. The predicted octanol–water partition coefficient (Wildman–Crippen LogP) is 3.43. The average Bonchev–Trinajstić information content (AvgIpc) is 2.52. The summed E-state index contributed by atoms with van der Waals surface area (Å²) >= 11 is 1.71. The summed E-state index contributed by atoms with van der Waals surface area (Å²) in [6.45, 7) is 1.89. The molecule has 1 heterocycles. The van der Waals surface area contributed by atoms with Crippen molar-refractivity contribution in [2.24, 2.45) is 0 Å². The van der Waals surface area contributed by atoms with Crippen LogP contribution < -0.4 is 0 Å². The van der Waals surface area contributed by atoms with E-state index in [1.165, 1.54) is 4.88 Å². The van der Waals surface area contributed by atoms with E-state index in [0.717, 1.165) is 6.42 Å². The van der Waals surface area contributed by atoms with E-state index in [1.807, 2.05) is 18.4 Å². The van der Waals surface area contributed by atoms with Crippen molar-refractivity contribution in [2.45, 2.75) is 32.4 Å². The molecule has 0 aromatic carbocycles. The van der Waals surface area contributed by atoms with Crippen LogP contribution in [0.1, 0.15) is 24.6 Å². The minimum Gasteiger partial charge on any atom is -0.247 e. The third kappa shape index (κ3) is 3.02. The van der Waals surface area contributed by atoms with Gasteiger partial charge in [-0.25, -0.2) is 4.39 Å². The highest BCUT2D eigenvalue weighted by molar-refractivity contribution is 7.09. The minimum absolute atomic E-state index is 0.614. The van der Waals surface area contributed by atoms with Crippen molar-refractivity contribution < 1.29 is 4.39 Å². The number of halogens is 1. The van der Waals surface area contributed by atoms with Crippen molar-refractivity contribution in [2.75, 3.05) is 0 Å². The quantitative estimate of drug-likeness (QED) is 0.652. The Labute approximate surface area is 71.1 Å². The molecule has 0 saturated carbocycles. The van der Waals surface area contributed by atoms with Gasteiger partial charge in [0.2, 0.25) is 0 Å². The lowest BCUT2D eigenvalue weighted by atomic mass is 10.1. The molecule has 1 aromatic heterocycles. The van der Waals surface area contributed by atoms with Gasteiger partial charge in [-0.05, 0) is 30.7 Å². The number of rotatable bonds is 4. The van der Waals surface area contributed by atoms with Crippen molar-refractivity contribution >= 4 is 11.3 Å². The molecular weight excluding hydrogens is 159 g/mol. The summed E-state index contributed by atoms with van der Waals surface area (Å²) in [5.41, 5.74) is 0. The van der Waals surface area contributed by atoms with E-state index in [4.69, 9.17) is 0 Å². The van der Waals surface area contributed by atoms with Crippen LogP contribution in [-0.4, -0.2) is 6.17 Å². The van der Waals surface area contributed by atoms with Crippen molar-refractivity contribution in [3.63, 3.8) is 0 Å². The summed E-state index contributed by atoms with van der Waals surface area (Å²) in [6, 6.07) is 4.08. The zero-order valence-corrected chi connectivity index (χ0v) is 7.53. The zero-order chi connectivity index (χ0) is 8.10. The predicted molar refractivity (Wildman–Crippen MR) is 47.8 cm³/mol. The summed E-state index contributed by atoms with van der Waals surface area (Å²) < 4.78 is 12.7. The first-order valence-corrected chi connectivity index (χ1v) is 4.87. The fourth-order valence-corrected chi connectivity index (χ4v) is 1.68. The van der Waals surface area contributed by atoms with E-state index in [-0.39, 0.29) is 0 Å². The molecule has 0 spiro atoms. The Hall–Kier alpha value is -0.370. The molecule has 2 heteroatoms. The number of hydrogen-bond donors (Lipinski definition) is 0. The van der Waals surface area contributed by atoms with Crippen LogP contribution in [-0.2, 0) is 6.42 Å². The van der Waals surface area contributed by atoms with Crippen LogP contribution in [0.15, 0.2) is 17.5 Å². The van der Waals surface area contributed by atoms with E-state index in [1.54, 1.807) is 11.3 Å². The second kappa shape index (κ2) is 4.50. The van der Waals surface area contributed by atoms with Gasteiger partial charge >= 0.3 is 0 Å². The van der Waals surface area contributed by atoms with Gasteiger partial charge in [0.15, 0.2) is 0 Å². The fraction of sp³-hybridized carbons (Fsp3) is 0.556.